The van der Waals surface area contributed by atoms with Gasteiger partial charge < -0.3 is 10.1 Å². The third-order valence-electron chi connectivity index (χ3n) is 2.10. The molecule has 0 fully saturated rings. The summed E-state index contributed by atoms with van der Waals surface area (Å²) in [6.45, 7) is 6.92. The lowest BCUT2D eigenvalue weighted by Gasteiger charge is -2.22. The van der Waals surface area contributed by atoms with E-state index < -0.39 is 17.6 Å². The smallest absolute Gasteiger partial charge is 0.328 e. The molecule has 104 valence electrons. The molecule has 0 radical (unpaired) electrons. The van der Waals surface area contributed by atoms with E-state index in [1.165, 1.54) is 6.20 Å². The zero-order valence-electron chi connectivity index (χ0n) is 11.4. The van der Waals surface area contributed by atoms with E-state index in [0.717, 1.165) is 0 Å². The highest BCUT2D eigenvalue weighted by Crippen LogP contribution is 2.10. The predicted octanol–water partition coefficient (Wildman–Crippen LogP) is 2.30. The van der Waals surface area contributed by atoms with Crippen molar-refractivity contribution in [3.8, 4) is 0 Å². The van der Waals surface area contributed by atoms with Gasteiger partial charge in [-0.1, -0.05) is 0 Å². The van der Waals surface area contributed by atoms with Gasteiger partial charge in [-0.05, 0) is 55.8 Å². The van der Waals surface area contributed by atoms with Crippen LogP contribution in [-0.2, 0) is 9.53 Å². The van der Waals surface area contributed by atoms with Crippen LogP contribution in [0, 0.1) is 0 Å². The Bertz CT molecular complexity index is 483. The number of ether oxygens (including phenoxy) is 1. The van der Waals surface area contributed by atoms with Gasteiger partial charge >= 0.3 is 5.97 Å². The number of rotatable bonds is 3. The van der Waals surface area contributed by atoms with E-state index in [1.54, 1.807) is 39.8 Å². The van der Waals surface area contributed by atoms with Gasteiger partial charge in [-0.25, -0.2) is 9.78 Å². The average Bonchev–Trinajstić information content (AvgIpc) is 2.26. The van der Waals surface area contributed by atoms with E-state index in [1.807, 2.05) is 0 Å². The van der Waals surface area contributed by atoms with Crippen LogP contribution in [0.15, 0.2) is 22.9 Å². The SMILES string of the molecule is C[C@@H](NC(=O)c1ccnc(Br)c1)C(=O)OC(C)(C)C. The molecule has 1 aromatic heterocycles. The van der Waals surface area contributed by atoms with Crippen molar-refractivity contribution < 1.29 is 14.3 Å². The second-order valence-corrected chi connectivity index (χ2v) is 5.91. The van der Waals surface area contributed by atoms with Crippen LogP contribution in [0.4, 0.5) is 0 Å². The third-order valence-corrected chi connectivity index (χ3v) is 2.53. The van der Waals surface area contributed by atoms with Gasteiger partial charge in [0, 0.05) is 11.8 Å². The fourth-order valence-electron chi connectivity index (χ4n) is 1.27. The molecule has 1 heterocycles. The molecule has 0 aliphatic rings. The molecular weight excluding hydrogens is 312 g/mol. The van der Waals surface area contributed by atoms with Crippen LogP contribution < -0.4 is 5.32 Å². The second-order valence-electron chi connectivity index (χ2n) is 5.10. The zero-order chi connectivity index (χ0) is 14.6. The molecule has 1 atom stereocenters. The molecule has 5 nitrogen and oxygen atoms in total. The van der Waals surface area contributed by atoms with Gasteiger partial charge in [0.25, 0.3) is 5.91 Å². The van der Waals surface area contributed by atoms with Gasteiger partial charge in [-0.2, -0.15) is 0 Å². The Balaban J connectivity index is 2.64. The summed E-state index contributed by atoms with van der Waals surface area (Å²) in [5, 5.41) is 2.58. The van der Waals surface area contributed by atoms with Crippen molar-refractivity contribution >= 4 is 27.8 Å². The number of carbonyl (C=O) groups is 2. The lowest BCUT2D eigenvalue weighted by molar-refractivity contribution is -0.156. The number of amides is 1. The van der Waals surface area contributed by atoms with Crippen LogP contribution in [0.2, 0.25) is 0 Å². The summed E-state index contributed by atoms with van der Waals surface area (Å²) >= 11 is 3.18. The van der Waals surface area contributed by atoms with Gasteiger partial charge in [-0.3, -0.25) is 4.79 Å². The summed E-state index contributed by atoms with van der Waals surface area (Å²) in [5.74, 6) is -0.810. The summed E-state index contributed by atoms with van der Waals surface area (Å²) in [4.78, 5) is 27.6. The number of halogens is 1. The number of pyridine rings is 1. The second kappa shape index (κ2) is 6.14. The zero-order valence-corrected chi connectivity index (χ0v) is 12.9. The Morgan fingerprint density at radius 3 is 2.58 bits per heavy atom. The Kier molecular flexibility index (Phi) is 5.05. The molecule has 0 spiro atoms. The molecular formula is C13H17BrN2O3. The van der Waals surface area contributed by atoms with Gasteiger partial charge in [0.05, 0.1) is 0 Å². The highest BCUT2D eigenvalue weighted by Gasteiger charge is 2.23. The van der Waals surface area contributed by atoms with Crippen molar-refractivity contribution in [1.29, 1.82) is 0 Å². The predicted molar refractivity (Wildman–Crippen MR) is 74.7 cm³/mol. The summed E-state index contributed by atoms with van der Waals surface area (Å²) in [6.07, 6.45) is 1.51. The Hall–Kier alpha value is -1.43. The molecule has 1 aromatic rings. The van der Waals surface area contributed by atoms with Crippen molar-refractivity contribution in [2.24, 2.45) is 0 Å². The van der Waals surface area contributed by atoms with E-state index in [-0.39, 0.29) is 5.91 Å². The number of nitrogens with zero attached hydrogens (tertiary/aromatic N) is 1. The number of aromatic nitrogens is 1. The molecule has 1 rings (SSSR count). The van der Waals surface area contributed by atoms with E-state index in [9.17, 15) is 9.59 Å². The minimum atomic E-state index is -0.710. The van der Waals surface area contributed by atoms with Gasteiger partial charge in [-0.15, -0.1) is 0 Å². The fourth-order valence-corrected chi connectivity index (χ4v) is 1.64. The minimum Gasteiger partial charge on any atom is -0.458 e. The highest BCUT2D eigenvalue weighted by atomic mass is 79.9. The van der Waals surface area contributed by atoms with E-state index in [0.29, 0.717) is 10.2 Å². The van der Waals surface area contributed by atoms with Crippen LogP contribution in [-0.4, -0.2) is 28.5 Å². The lowest BCUT2D eigenvalue weighted by atomic mass is 10.2. The molecule has 19 heavy (non-hydrogen) atoms. The standard InChI is InChI=1S/C13H17BrN2O3/c1-8(12(18)19-13(2,3)4)16-11(17)9-5-6-15-10(14)7-9/h5-8H,1-4H3,(H,16,17)/t8-/m1/s1. The Labute approximate surface area is 120 Å². The van der Waals surface area contributed by atoms with E-state index in [4.69, 9.17) is 4.74 Å². The number of carbonyl (C=O) groups excluding carboxylic acids is 2. The molecule has 1 N–H and O–H groups in total. The maximum Gasteiger partial charge on any atom is 0.328 e. The summed E-state index contributed by atoms with van der Waals surface area (Å²) < 4.78 is 5.74. The first-order chi connectivity index (χ1) is 8.69. The van der Waals surface area contributed by atoms with Crippen molar-refractivity contribution in [3.63, 3.8) is 0 Å². The summed E-state index contributed by atoms with van der Waals surface area (Å²) in [7, 11) is 0. The van der Waals surface area contributed by atoms with Crippen molar-refractivity contribution in [3.05, 3.63) is 28.5 Å². The van der Waals surface area contributed by atoms with Crippen molar-refractivity contribution in [1.82, 2.24) is 10.3 Å². The maximum absolute atomic E-state index is 11.9. The van der Waals surface area contributed by atoms with Gasteiger partial charge in [0.1, 0.15) is 16.2 Å². The molecule has 0 bridgehead atoms. The number of nitrogens with one attached hydrogen (secondary N) is 1. The van der Waals surface area contributed by atoms with Crippen LogP contribution in [0.25, 0.3) is 0 Å². The van der Waals surface area contributed by atoms with E-state index in [2.05, 4.69) is 26.2 Å². The van der Waals surface area contributed by atoms with Crippen molar-refractivity contribution in [2.45, 2.75) is 39.3 Å². The van der Waals surface area contributed by atoms with Crippen LogP contribution in [0.1, 0.15) is 38.1 Å². The Morgan fingerprint density at radius 2 is 2.05 bits per heavy atom. The van der Waals surface area contributed by atoms with E-state index >= 15 is 0 Å². The fraction of sp³-hybridized carbons (Fsp3) is 0.462. The first-order valence-corrected chi connectivity index (χ1v) is 6.63. The van der Waals surface area contributed by atoms with Crippen LogP contribution in [0.5, 0.6) is 0 Å². The molecule has 1 amide bonds. The van der Waals surface area contributed by atoms with Crippen molar-refractivity contribution in [2.75, 3.05) is 0 Å². The van der Waals surface area contributed by atoms with Gasteiger partial charge in [0.15, 0.2) is 0 Å². The molecule has 0 saturated heterocycles. The first-order valence-electron chi connectivity index (χ1n) is 5.84. The van der Waals surface area contributed by atoms with Crippen LogP contribution >= 0.6 is 15.9 Å². The number of hydrogen-bond donors (Lipinski definition) is 1. The van der Waals surface area contributed by atoms with Crippen LogP contribution in [0.3, 0.4) is 0 Å². The molecule has 0 saturated carbocycles. The molecule has 0 aliphatic heterocycles. The van der Waals surface area contributed by atoms with Gasteiger partial charge in [0.2, 0.25) is 0 Å². The maximum atomic E-state index is 11.9. The Morgan fingerprint density at radius 1 is 1.42 bits per heavy atom. The average molecular weight is 329 g/mol. The number of hydrogen-bond acceptors (Lipinski definition) is 4. The molecule has 6 heteroatoms. The lowest BCUT2D eigenvalue weighted by Crippen LogP contribution is -2.42. The largest absolute Gasteiger partial charge is 0.458 e. The first kappa shape index (κ1) is 15.6. The molecule has 0 aliphatic carbocycles. The summed E-state index contributed by atoms with van der Waals surface area (Å²) in [5.41, 5.74) is -0.146. The third kappa shape index (κ3) is 5.38. The molecule has 0 aromatic carbocycles. The molecule has 0 unspecified atom stereocenters. The summed E-state index contributed by atoms with van der Waals surface area (Å²) in [6, 6.07) is 2.44. The minimum absolute atomic E-state index is 0.346. The monoisotopic (exact) mass is 328 g/mol. The normalized spacial score (nSPS) is 12.7. The topological polar surface area (TPSA) is 68.3 Å². The highest BCUT2D eigenvalue weighted by molar-refractivity contribution is 9.10. The number of esters is 1. The quantitative estimate of drug-likeness (QED) is 0.682.